The van der Waals surface area contributed by atoms with E-state index in [0.29, 0.717) is 40.4 Å². The van der Waals surface area contributed by atoms with Gasteiger partial charge in [-0.1, -0.05) is 23.2 Å². The molecule has 0 radical (unpaired) electrons. The normalized spacial score (nSPS) is 32.6. The summed E-state index contributed by atoms with van der Waals surface area (Å²) in [6.07, 6.45) is 7.42. The van der Waals surface area contributed by atoms with Crippen LogP contribution in [0.4, 0.5) is 0 Å². The highest BCUT2D eigenvalue weighted by Crippen LogP contribution is 2.59. The second-order valence-corrected chi connectivity index (χ2v) is 13.1. The maximum Gasteiger partial charge on any atom is 0.182 e. The fourth-order valence-electron chi connectivity index (χ4n) is 6.01. The molecule has 4 aliphatic rings. The van der Waals surface area contributed by atoms with E-state index >= 15 is 0 Å². The molecule has 4 fully saturated rings. The van der Waals surface area contributed by atoms with Crippen LogP contribution in [0.2, 0.25) is 10.0 Å². The molecular weight excluding hydrogens is 457 g/mol. The van der Waals surface area contributed by atoms with E-state index in [1.165, 1.54) is 6.26 Å². The Morgan fingerprint density at radius 2 is 1.90 bits per heavy atom. The number of ether oxygens (including phenoxy) is 1. The molecule has 31 heavy (non-hydrogen) atoms. The third kappa shape index (κ3) is 4.15. The smallest absolute Gasteiger partial charge is 0.182 e. The molecule has 1 aromatic carbocycles. The number of nitrogens with one attached hydrogen (secondary N) is 1. The van der Waals surface area contributed by atoms with Crippen molar-refractivity contribution in [1.82, 2.24) is 5.32 Å². The summed E-state index contributed by atoms with van der Waals surface area (Å²) in [4.78, 5) is 4.99. The molecule has 168 valence electrons. The van der Waals surface area contributed by atoms with Gasteiger partial charge in [-0.3, -0.25) is 10.3 Å². The van der Waals surface area contributed by atoms with E-state index < -0.39 is 20.2 Å². The number of nitrogens with zero attached hydrogens (tertiary/aromatic N) is 2. The van der Waals surface area contributed by atoms with E-state index in [1.54, 1.807) is 18.2 Å². The first-order valence-electron chi connectivity index (χ1n) is 10.5. The molecule has 1 aromatic rings. The van der Waals surface area contributed by atoms with Gasteiger partial charge in [0.1, 0.15) is 5.75 Å². The summed E-state index contributed by atoms with van der Waals surface area (Å²) >= 11 is 12.3. The lowest BCUT2D eigenvalue weighted by molar-refractivity contribution is 0.0140. The standard InChI is InChI=1S/C22H27Cl2N3O3S/c1-21(2,30-18-5-4-16(23)8-17(18)24)20(26-12-25)27-19-14-6-13-7-15(19)11-22(9-13,10-14)31(3,28)29/h4-5,8,13-15,19H,6-7,9-11H2,1-3H3,(H,26,27). The van der Waals surface area contributed by atoms with Crippen LogP contribution in [-0.4, -0.2) is 36.9 Å². The van der Waals surface area contributed by atoms with Crippen molar-refractivity contribution in [3.05, 3.63) is 28.2 Å². The second-order valence-electron chi connectivity index (χ2n) is 9.82. The van der Waals surface area contributed by atoms with Crippen molar-refractivity contribution in [2.75, 3.05) is 6.26 Å². The first-order valence-corrected chi connectivity index (χ1v) is 13.2. The first kappa shape index (κ1) is 22.7. The number of rotatable bonds is 5. The highest BCUT2D eigenvalue weighted by molar-refractivity contribution is 7.92. The van der Waals surface area contributed by atoms with Gasteiger partial charge < -0.3 is 4.74 Å². The number of hydrogen-bond donors (Lipinski definition) is 1. The molecule has 4 aliphatic carbocycles. The fourth-order valence-corrected chi connectivity index (χ4v) is 8.03. The third-order valence-corrected chi connectivity index (χ3v) is 9.84. The Morgan fingerprint density at radius 1 is 1.26 bits per heavy atom. The Labute approximate surface area is 193 Å². The zero-order valence-electron chi connectivity index (χ0n) is 17.9. The topological polar surface area (TPSA) is 91.5 Å². The lowest BCUT2D eigenvalue weighted by Crippen LogP contribution is -2.60. The molecular formula is C22H27Cl2N3O3S. The monoisotopic (exact) mass is 483 g/mol. The van der Waals surface area contributed by atoms with Crippen molar-refractivity contribution in [2.45, 2.75) is 62.3 Å². The van der Waals surface area contributed by atoms with Gasteiger partial charge in [0, 0.05) is 11.3 Å². The first-order chi connectivity index (χ1) is 14.4. The Bertz CT molecular complexity index is 1050. The average Bonchev–Trinajstić information content (AvgIpc) is 2.64. The van der Waals surface area contributed by atoms with Gasteiger partial charge in [-0.05, 0) is 81.9 Å². The summed E-state index contributed by atoms with van der Waals surface area (Å²) in [5, 5.41) is 13.0. The summed E-state index contributed by atoms with van der Waals surface area (Å²) < 4.78 is 30.7. The number of halogens is 2. The molecule has 2 unspecified atom stereocenters. The SMILES string of the molecule is CC(C)(Oc1ccc(Cl)cc1Cl)C(=NC1C2CC3CC1CC(S(C)(=O)=O)(C3)C2)NC#N. The molecule has 4 saturated carbocycles. The highest BCUT2D eigenvalue weighted by Gasteiger charge is 2.59. The van der Waals surface area contributed by atoms with Crippen molar-refractivity contribution in [1.29, 1.82) is 5.26 Å². The van der Waals surface area contributed by atoms with Crippen LogP contribution in [0.5, 0.6) is 5.75 Å². The van der Waals surface area contributed by atoms with Crippen molar-refractivity contribution in [2.24, 2.45) is 22.7 Å². The minimum atomic E-state index is -3.13. The summed E-state index contributed by atoms with van der Waals surface area (Å²) in [6, 6.07) is 4.96. The minimum absolute atomic E-state index is 0.0224. The summed E-state index contributed by atoms with van der Waals surface area (Å²) in [6.45, 7) is 3.66. The van der Waals surface area contributed by atoms with E-state index in [0.717, 1.165) is 19.3 Å². The maximum absolute atomic E-state index is 12.6. The number of aliphatic imine (C=N–C) groups is 1. The Morgan fingerprint density at radius 3 is 2.45 bits per heavy atom. The van der Waals surface area contributed by atoms with E-state index in [-0.39, 0.29) is 17.9 Å². The van der Waals surface area contributed by atoms with Gasteiger partial charge in [0.2, 0.25) is 0 Å². The van der Waals surface area contributed by atoms with Crippen molar-refractivity contribution in [3.63, 3.8) is 0 Å². The zero-order valence-corrected chi connectivity index (χ0v) is 20.2. The maximum atomic E-state index is 12.6. The van der Waals surface area contributed by atoms with Crippen LogP contribution in [0, 0.1) is 29.2 Å². The predicted molar refractivity (Wildman–Crippen MR) is 122 cm³/mol. The van der Waals surface area contributed by atoms with Gasteiger partial charge in [0.05, 0.1) is 15.8 Å². The molecule has 0 aromatic heterocycles. The Hall–Kier alpha value is -1.49. The quantitative estimate of drug-likeness (QED) is 0.285. The van der Waals surface area contributed by atoms with E-state index in [1.807, 2.05) is 20.0 Å². The average molecular weight is 484 g/mol. The number of amidine groups is 1. The Kier molecular flexibility index (Phi) is 5.73. The molecule has 1 N–H and O–H groups in total. The van der Waals surface area contributed by atoms with Gasteiger partial charge >= 0.3 is 0 Å². The van der Waals surface area contributed by atoms with Crippen LogP contribution in [0.25, 0.3) is 0 Å². The van der Waals surface area contributed by atoms with E-state index in [2.05, 4.69) is 5.32 Å². The van der Waals surface area contributed by atoms with Crippen LogP contribution in [0.15, 0.2) is 23.2 Å². The third-order valence-electron chi connectivity index (χ3n) is 7.24. The highest BCUT2D eigenvalue weighted by atomic mass is 35.5. The number of nitriles is 1. The molecule has 2 atom stereocenters. The van der Waals surface area contributed by atoms with Crippen LogP contribution in [0.1, 0.15) is 46.0 Å². The van der Waals surface area contributed by atoms with Crippen LogP contribution in [-0.2, 0) is 9.84 Å². The molecule has 9 heteroatoms. The molecule has 0 spiro atoms. The summed E-state index contributed by atoms with van der Waals surface area (Å²) in [5.74, 6) is 1.72. The fraction of sp³-hybridized carbons (Fsp3) is 0.636. The van der Waals surface area contributed by atoms with Gasteiger partial charge in [0.15, 0.2) is 27.5 Å². The van der Waals surface area contributed by atoms with E-state index in [4.69, 9.17) is 32.9 Å². The predicted octanol–water partition coefficient (Wildman–Crippen LogP) is 4.61. The van der Waals surface area contributed by atoms with Crippen molar-refractivity contribution < 1.29 is 13.2 Å². The number of hydrogen-bond acceptors (Lipinski definition) is 5. The number of sulfone groups is 1. The van der Waals surface area contributed by atoms with Gasteiger partial charge in [-0.15, -0.1) is 0 Å². The molecule has 0 saturated heterocycles. The van der Waals surface area contributed by atoms with Crippen molar-refractivity contribution in [3.8, 4) is 11.9 Å². The van der Waals surface area contributed by atoms with Gasteiger partial charge in [0.25, 0.3) is 0 Å². The van der Waals surface area contributed by atoms with Crippen molar-refractivity contribution >= 4 is 38.9 Å². The lowest BCUT2D eigenvalue weighted by Gasteiger charge is -2.58. The lowest BCUT2D eigenvalue weighted by atomic mass is 9.54. The summed E-state index contributed by atoms with van der Waals surface area (Å²) in [5.41, 5.74) is -0.948. The largest absolute Gasteiger partial charge is 0.478 e. The van der Waals surface area contributed by atoms with E-state index in [9.17, 15) is 13.7 Å². The van der Waals surface area contributed by atoms with Gasteiger partial charge in [-0.2, -0.15) is 5.26 Å². The molecule has 6 nitrogen and oxygen atoms in total. The Balaban J connectivity index is 1.63. The molecule has 0 heterocycles. The zero-order chi connectivity index (χ0) is 22.6. The molecule has 5 rings (SSSR count). The minimum Gasteiger partial charge on any atom is -0.478 e. The molecule has 0 amide bonds. The van der Waals surface area contributed by atoms with Crippen LogP contribution >= 0.6 is 23.2 Å². The summed E-state index contributed by atoms with van der Waals surface area (Å²) in [7, 11) is -3.13. The van der Waals surface area contributed by atoms with Gasteiger partial charge in [-0.25, -0.2) is 8.42 Å². The van der Waals surface area contributed by atoms with Crippen LogP contribution < -0.4 is 10.1 Å². The molecule has 4 bridgehead atoms. The second kappa shape index (κ2) is 7.83. The number of benzene rings is 1. The van der Waals surface area contributed by atoms with Crippen LogP contribution in [0.3, 0.4) is 0 Å². The molecule has 0 aliphatic heterocycles.